The predicted octanol–water partition coefficient (Wildman–Crippen LogP) is 3.20. The van der Waals surface area contributed by atoms with E-state index in [-0.39, 0.29) is 0 Å². The molecule has 0 radical (unpaired) electrons. The average Bonchev–Trinajstić information content (AvgIpc) is 3.02. The highest BCUT2D eigenvalue weighted by Crippen LogP contribution is 2.18. The number of hydrogen-bond acceptors (Lipinski definition) is 4. The molecule has 4 heteroatoms. The standard InChI is InChI=1S/C17H24N2O2/c1-13-10-18(11-16-6-4-14(2)20-16)8-9-19(13)12-17-7-5-15(3)21-17/h4-7,13H,8-12H2,1-3H3/t13-/m1/s1. The zero-order valence-electron chi connectivity index (χ0n) is 13.1. The molecule has 0 amide bonds. The van der Waals surface area contributed by atoms with Gasteiger partial charge in [0.25, 0.3) is 0 Å². The van der Waals surface area contributed by atoms with Gasteiger partial charge in [0.2, 0.25) is 0 Å². The van der Waals surface area contributed by atoms with Gasteiger partial charge in [-0.2, -0.15) is 0 Å². The Morgan fingerprint density at radius 3 is 2.10 bits per heavy atom. The molecule has 114 valence electrons. The van der Waals surface area contributed by atoms with Crippen molar-refractivity contribution in [2.45, 2.75) is 39.9 Å². The highest BCUT2D eigenvalue weighted by Gasteiger charge is 2.24. The van der Waals surface area contributed by atoms with Crippen LogP contribution in [0.15, 0.2) is 33.1 Å². The fourth-order valence-electron chi connectivity index (χ4n) is 3.01. The third-order valence-corrected chi connectivity index (χ3v) is 4.18. The van der Waals surface area contributed by atoms with Gasteiger partial charge in [-0.25, -0.2) is 0 Å². The molecule has 3 heterocycles. The highest BCUT2D eigenvalue weighted by atomic mass is 16.3. The van der Waals surface area contributed by atoms with Crippen molar-refractivity contribution in [1.29, 1.82) is 0 Å². The molecule has 1 saturated heterocycles. The normalized spacial score (nSPS) is 21.0. The fraction of sp³-hybridized carbons (Fsp3) is 0.529. The van der Waals surface area contributed by atoms with Gasteiger partial charge in [-0.15, -0.1) is 0 Å². The van der Waals surface area contributed by atoms with Gasteiger partial charge in [-0.05, 0) is 45.0 Å². The van der Waals surface area contributed by atoms with E-state index in [9.17, 15) is 0 Å². The summed E-state index contributed by atoms with van der Waals surface area (Å²) in [7, 11) is 0. The first kappa shape index (κ1) is 14.4. The molecule has 0 N–H and O–H groups in total. The Morgan fingerprint density at radius 2 is 1.57 bits per heavy atom. The molecule has 21 heavy (non-hydrogen) atoms. The number of nitrogens with zero attached hydrogens (tertiary/aromatic N) is 2. The minimum atomic E-state index is 0.528. The minimum Gasteiger partial charge on any atom is -0.465 e. The number of hydrogen-bond donors (Lipinski definition) is 0. The van der Waals surface area contributed by atoms with Crippen LogP contribution < -0.4 is 0 Å². The van der Waals surface area contributed by atoms with E-state index >= 15 is 0 Å². The van der Waals surface area contributed by atoms with Crippen LogP contribution in [0.3, 0.4) is 0 Å². The first-order chi connectivity index (χ1) is 10.1. The van der Waals surface area contributed by atoms with E-state index < -0.39 is 0 Å². The topological polar surface area (TPSA) is 32.8 Å². The van der Waals surface area contributed by atoms with Crippen LogP contribution in [0.2, 0.25) is 0 Å². The van der Waals surface area contributed by atoms with Crippen molar-refractivity contribution in [3.05, 3.63) is 47.3 Å². The molecule has 0 saturated carbocycles. The summed E-state index contributed by atoms with van der Waals surface area (Å²) in [4.78, 5) is 4.95. The van der Waals surface area contributed by atoms with E-state index in [0.717, 1.165) is 55.8 Å². The van der Waals surface area contributed by atoms with Crippen molar-refractivity contribution in [2.24, 2.45) is 0 Å². The predicted molar refractivity (Wildman–Crippen MR) is 82.0 cm³/mol. The summed E-state index contributed by atoms with van der Waals surface area (Å²) in [6.45, 7) is 11.3. The fourth-order valence-corrected chi connectivity index (χ4v) is 3.01. The Kier molecular flexibility index (Phi) is 4.17. The van der Waals surface area contributed by atoms with Gasteiger partial charge in [0.05, 0.1) is 13.1 Å². The van der Waals surface area contributed by atoms with Crippen LogP contribution in [0.1, 0.15) is 30.0 Å². The lowest BCUT2D eigenvalue weighted by molar-refractivity contribution is 0.0640. The van der Waals surface area contributed by atoms with Crippen molar-refractivity contribution in [2.75, 3.05) is 19.6 Å². The van der Waals surface area contributed by atoms with Crippen LogP contribution in [-0.4, -0.2) is 35.5 Å². The van der Waals surface area contributed by atoms with Crippen molar-refractivity contribution >= 4 is 0 Å². The third-order valence-electron chi connectivity index (χ3n) is 4.18. The van der Waals surface area contributed by atoms with E-state index in [1.54, 1.807) is 0 Å². The lowest BCUT2D eigenvalue weighted by atomic mass is 10.1. The second kappa shape index (κ2) is 6.08. The van der Waals surface area contributed by atoms with Crippen molar-refractivity contribution in [1.82, 2.24) is 9.80 Å². The Morgan fingerprint density at radius 1 is 0.952 bits per heavy atom. The molecule has 1 atom stereocenters. The summed E-state index contributed by atoms with van der Waals surface area (Å²) >= 11 is 0. The van der Waals surface area contributed by atoms with Gasteiger partial charge in [-0.3, -0.25) is 9.80 Å². The first-order valence-electron chi connectivity index (χ1n) is 7.67. The van der Waals surface area contributed by atoms with Gasteiger partial charge in [0.1, 0.15) is 23.0 Å². The van der Waals surface area contributed by atoms with E-state index in [2.05, 4.69) is 28.9 Å². The van der Waals surface area contributed by atoms with Gasteiger partial charge >= 0.3 is 0 Å². The van der Waals surface area contributed by atoms with Gasteiger partial charge in [0, 0.05) is 25.7 Å². The molecular weight excluding hydrogens is 264 g/mol. The SMILES string of the molecule is Cc1ccc(CN2CCN(Cc3ccc(C)o3)[C@H](C)C2)o1. The van der Waals surface area contributed by atoms with E-state index in [1.165, 1.54) is 0 Å². The maximum atomic E-state index is 5.69. The second-order valence-corrected chi connectivity index (χ2v) is 6.08. The van der Waals surface area contributed by atoms with Gasteiger partial charge in [-0.1, -0.05) is 0 Å². The molecule has 3 rings (SSSR count). The Balaban J connectivity index is 1.54. The van der Waals surface area contributed by atoms with Crippen LogP contribution in [-0.2, 0) is 13.1 Å². The zero-order valence-corrected chi connectivity index (χ0v) is 13.1. The molecule has 1 aliphatic rings. The number of furan rings is 2. The first-order valence-corrected chi connectivity index (χ1v) is 7.67. The van der Waals surface area contributed by atoms with Gasteiger partial charge < -0.3 is 8.83 Å². The lowest BCUT2D eigenvalue weighted by Gasteiger charge is -2.39. The molecule has 0 spiro atoms. The van der Waals surface area contributed by atoms with Crippen LogP contribution in [0.25, 0.3) is 0 Å². The average molecular weight is 288 g/mol. The third kappa shape index (κ3) is 3.57. The lowest BCUT2D eigenvalue weighted by Crippen LogP contribution is -2.50. The van der Waals surface area contributed by atoms with Crippen molar-refractivity contribution < 1.29 is 8.83 Å². The summed E-state index contributed by atoms with van der Waals surface area (Å²) in [5.41, 5.74) is 0. The molecule has 0 aromatic carbocycles. The summed E-state index contributed by atoms with van der Waals surface area (Å²) in [5, 5.41) is 0. The van der Waals surface area contributed by atoms with Crippen LogP contribution in [0.5, 0.6) is 0 Å². The van der Waals surface area contributed by atoms with E-state index in [1.807, 2.05) is 26.0 Å². The molecule has 1 fully saturated rings. The van der Waals surface area contributed by atoms with Crippen LogP contribution in [0.4, 0.5) is 0 Å². The highest BCUT2D eigenvalue weighted by molar-refractivity contribution is 5.07. The number of aryl methyl sites for hydroxylation is 2. The van der Waals surface area contributed by atoms with Crippen LogP contribution >= 0.6 is 0 Å². The maximum absolute atomic E-state index is 5.69. The zero-order chi connectivity index (χ0) is 14.8. The molecule has 2 aromatic heterocycles. The van der Waals surface area contributed by atoms with E-state index in [0.29, 0.717) is 6.04 Å². The second-order valence-electron chi connectivity index (χ2n) is 6.08. The smallest absolute Gasteiger partial charge is 0.118 e. The Labute approximate surface area is 126 Å². The Hall–Kier alpha value is -1.52. The largest absolute Gasteiger partial charge is 0.465 e. The summed E-state index contributed by atoms with van der Waals surface area (Å²) in [6, 6.07) is 8.77. The summed E-state index contributed by atoms with van der Waals surface area (Å²) in [6.07, 6.45) is 0. The molecule has 4 nitrogen and oxygen atoms in total. The molecular formula is C17H24N2O2. The van der Waals surface area contributed by atoms with E-state index in [4.69, 9.17) is 8.83 Å². The van der Waals surface area contributed by atoms with Crippen molar-refractivity contribution in [3.8, 4) is 0 Å². The molecule has 0 aliphatic carbocycles. The molecule has 0 unspecified atom stereocenters. The quantitative estimate of drug-likeness (QED) is 0.865. The molecule has 0 bridgehead atoms. The number of piperazine rings is 1. The van der Waals surface area contributed by atoms with Crippen molar-refractivity contribution in [3.63, 3.8) is 0 Å². The monoisotopic (exact) mass is 288 g/mol. The minimum absolute atomic E-state index is 0.528. The van der Waals surface area contributed by atoms with Gasteiger partial charge in [0.15, 0.2) is 0 Å². The molecule has 1 aliphatic heterocycles. The summed E-state index contributed by atoms with van der Waals surface area (Å²) < 4.78 is 11.4. The van der Waals surface area contributed by atoms with Crippen LogP contribution in [0, 0.1) is 13.8 Å². The summed E-state index contributed by atoms with van der Waals surface area (Å²) in [5.74, 6) is 4.11. The molecule has 2 aromatic rings. The Bertz CT molecular complexity index is 587. The maximum Gasteiger partial charge on any atom is 0.118 e. The number of rotatable bonds is 4.